The van der Waals surface area contributed by atoms with Gasteiger partial charge in [0.15, 0.2) is 0 Å². The van der Waals surface area contributed by atoms with Gasteiger partial charge in [0, 0.05) is 25.1 Å². The smallest absolute Gasteiger partial charge is 0.243 e. The molecule has 1 N–H and O–H groups in total. The lowest BCUT2D eigenvalue weighted by Gasteiger charge is -2.19. The van der Waals surface area contributed by atoms with E-state index in [2.05, 4.69) is 11.8 Å². The molecule has 1 aliphatic rings. The lowest BCUT2D eigenvalue weighted by molar-refractivity contribution is 0.305. The number of benzene rings is 1. The molecule has 0 spiro atoms. The van der Waals surface area contributed by atoms with E-state index in [4.69, 9.17) is 5.11 Å². The van der Waals surface area contributed by atoms with Gasteiger partial charge in [0.05, 0.1) is 11.5 Å². The monoisotopic (exact) mass is 307 g/mol. The highest BCUT2D eigenvalue weighted by Gasteiger charge is 2.24. The topological polar surface area (TPSA) is 57.6 Å². The molecule has 1 fully saturated rings. The van der Waals surface area contributed by atoms with Crippen LogP contribution >= 0.6 is 0 Å². The molecule has 1 heterocycles. The zero-order valence-corrected chi connectivity index (χ0v) is 12.9. The Balaban J connectivity index is 2.15. The summed E-state index contributed by atoms with van der Waals surface area (Å²) in [6, 6.07) is 6.66. The largest absolute Gasteiger partial charge is 0.395 e. The van der Waals surface area contributed by atoms with Gasteiger partial charge in [-0.1, -0.05) is 24.7 Å². The number of aliphatic hydroxyl groups is 1. The Hall–Kier alpha value is -1.35. The minimum Gasteiger partial charge on any atom is -0.395 e. The van der Waals surface area contributed by atoms with Gasteiger partial charge in [0.2, 0.25) is 10.0 Å². The predicted molar refractivity (Wildman–Crippen MR) is 82.2 cm³/mol. The van der Waals surface area contributed by atoms with Crippen LogP contribution in [0.3, 0.4) is 0 Å². The van der Waals surface area contributed by atoms with Crippen molar-refractivity contribution in [2.75, 3.05) is 19.7 Å². The van der Waals surface area contributed by atoms with E-state index in [1.54, 1.807) is 28.6 Å². The fraction of sp³-hybridized carbons (Fsp3) is 0.500. The van der Waals surface area contributed by atoms with E-state index in [9.17, 15) is 8.42 Å². The molecule has 1 aromatic rings. The molecule has 0 aliphatic carbocycles. The summed E-state index contributed by atoms with van der Waals surface area (Å²) in [6.07, 6.45) is 4.50. The Morgan fingerprint density at radius 1 is 1.05 bits per heavy atom. The van der Waals surface area contributed by atoms with Crippen molar-refractivity contribution in [2.24, 2.45) is 0 Å². The van der Waals surface area contributed by atoms with Gasteiger partial charge >= 0.3 is 0 Å². The number of sulfonamides is 1. The molecule has 0 bridgehead atoms. The van der Waals surface area contributed by atoms with Crippen molar-refractivity contribution in [1.82, 2.24) is 4.31 Å². The molecular weight excluding hydrogens is 286 g/mol. The number of hydrogen-bond donors (Lipinski definition) is 1. The van der Waals surface area contributed by atoms with E-state index in [1.807, 2.05) is 0 Å². The number of rotatable bonds is 3. The summed E-state index contributed by atoms with van der Waals surface area (Å²) in [5.41, 5.74) is 0.762. The molecule has 4 nitrogen and oxygen atoms in total. The Labute approximate surface area is 126 Å². The SMILES string of the molecule is O=S(=O)(c1ccc(C#CCCO)cc1)N1CCCCCC1. The van der Waals surface area contributed by atoms with Crippen molar-refractivity contribution in [3.8, 4) is 11.8 Å². The lowest BCUT2D eigenvalue weighted by Crippen LogP contribution is -2.31. The van der Waals surface area contributed by atoms with E-state index in [-0.39, 0.29) is 6.61 Å². The second kappa shape index (κ2) is 7.60. The summed E-state index contributed by atoms with van der Waals surface area (Å²) >= 11 is 0. The summed E-state index contributed by atoms with van der Waals surface area (Å²) in [7, 11) is -3.38. The molecule has 0 atom stereocenters. The van der Waals surface area contributed by atoms with Crippen molar-refractivity contribution in [3.63, 3.8) is 0 Å². The van der Waals surface area contributed by atoms with Crippen LogP contribution in [-0.4, -0.2) is 37.5 Å². The lowest BCUT2D eigenvalue weighted by atomic mass is 10.2. The van der Waals surface area contributed by atoms with Crippen LogP contribution in [0.4, 0.5) is 0 Å². The maximum atomic E-state index is 12.6. The summed E-state index contributed by atoms with van der Waals surface area (Å²) in [5, 5.41) is 8.67. The minimum absolute atomic E-state index is 0.0361. The average molecular weight is 307 g/mol. The first-order valence-electron chi connectivity index (χ1n) is 7.34. The molecule has 1 aliphatic heterocycles. The summed E-state index contributed by atoms with van der Waals surface area (Å²) in [6.45, 7) is 1.26. The van der Waals surface area contributed by atoms with Crippen LogP contribution in [0.5, 0.6) is 0 Å². The van der Waals surface area contributed by atoms with Crippen LogP contribution in [-0.2, 0) is 10.0 Å². The van der Waals surface area contributed by atoms with Crippen molar-refractivity contribution in [3.05, 3.63) is 29.8 Å². The fourth-order valence-electron chi connectivity index (χ4n) is 2.36. The van der Waals surface area contributed by atoms with Crippen LogP contribution in [0.25, 0.3) is 0 Å². The minimum atomic E-state index is -3.38. The Morgan fingerprint density at radius 3 is 2.24 bits per heavy atom. The first kappa shape index (κ1) is 16.0. The summed E-state index contributed by atoms with van der Waals surface area (Å²) in [4.78, 5) is 0.331. The Kier molecular flexibility index (Phi) is 5.80. The maximum absolute atomic E-state index is 12.6. The van der Waals surface area contributed by atoms with Gasteiger partial charge in [-0.2, -0.15) is 4.31 Å². The fourth-order valence-corrected chi connectivity index (χ4v) is 3.88. The van der Waals surface area contributed by atoms with Gasteiger partial charge in [-0.15, -0.1) is 0 Å². The van der Waals surface area contributed by atoms with Gasteiger partial charge in [-0.25, -0.2) is 8.42 Å². The third-order valence-corrected chi connectivity index (χ3v) is 5.44. The number of hydrogen-bond acceptors (Lipinski definition) is 3. The summed E-state index contributed by atoms with van der Waals surface area (Å²) in [5.74, 6) is 5.72. The molecule has 1 saturated heterocycles. The van der Waals surface area contributed by atoms with Gasteiger partial charge in [-0.05, 0) is 37.1 Å². The average Bonchev–Trinajstić information content (AvgIpc) is 2.78. The highest BCUT2D eigenvalue weighted by Crippen LogP contribution is 2.20. The quantitative estimate of drug-likeness (QED) is 0.869. The molecule has 114 valence electrons. The van der Waals surface area contributed by atoms with Gasteiger partial charge in [0.1, 0.15) is 0 Å². The second-order valence-electron chi connectivity index (χ2n) is 5.12. The van der Waals surface area contributed by atoms with Crippen LogP contribution in [0.15, 0.2) is 29.2 Å². The molecule has 0 aromatic heterocycles. The Morgan fingerprint density at radius 2 is 1.67 bits per heavy atom. The van der Waals surface area contributed by atoms with Crippen LogP contribution in [0.1, 0.15) is 37.7 Å². The van der Waals surface area contributed by atoms with Crippen molar-refractivity contribution in [2.45, 2.75) is 37.0 Å². The zero-order valence-electron chi connectivity index (χ0n) is 12.1. The molecule has 0 amide bonds. The van der Waals surface area contributed by atoms with Crippen molar-refractivity contribution >= 4 is 10.0 Å². The predicted octanol–water partition coefficient (Wildman–Crippen LogP) is 1.99. The molecule has 5 heteroatoms. The molecule has 2 rings (SSSR count). The van der Waals surface area contributed by atoms with Gasteiger partial charge in [0.25, 0.3) is 0 Å². The maximum Gasteiger partial charge on any atom is 0.243 e. The van der Waals surface area contributed by atoms with Gasteiger partial charge in [-0.3, -0.25) is 0 Å². The Bertz CT molecular complexity index is 603. The first-order chi connectivity index (χ1) is 10.1. The van der Waals surface area contributed by atoms with Crippen molar-refractivity contribution < 1.29 is 13.5 Å². The zero-order chi connectivity index (χ0) is 15.1. The molecule has 0 saturated carbocycles. The second-order valence-corrected chi connectivity index (χ2v) is 7.06. The third kappa shape index (κ3) is 4.31. The third-order valence-electron chi connectivity index (χ3n) is 3.53. The normalized spacial score (nSPS) is 16.8. The molecule has 0 unspecified atom stereocenters. The van der Waals surface area contributed by atoms with Crippen LogP contribution in [0, 0.1) is 11.8 Å². The van der Waals surface area contributed by atoms with Crippen LogP contribution < -0.4 is 0 Å². The molecular formula is C16H21NO3S. The van der Waals surface area contributed by atoms with Crippen LogP contribution in [0.2, 0.25) is 0 Å². The number of nitrogens with zero attached hydrogens (tertiary/aromatic N) is 1. The van der Waals surface area contributed by atoms with E-state index in [1.165, 1.54) is 0 Å². The van der Waals surface area contributed by atoms with Crippen molar-refractivity contribution in [1.29, 1.82) is 0 Å². The van der Waals surface area contributed by atoms with Gasteiger partial charge < -0.3 is 5.11 Å². The molecule has 1 aromatic carbocycles. The number of aliphatic hydroxyl groups excluding tert-OH is 1. The molecule has 0 radical (unpaired) electrons. The highest BCUT2D eigenvalue weighted by molar-refractivity contribution is 7.89. The van der Waals surface area contributed by atoms with E-state index in [0.717, 1.165) is 31.2 Å². The van der Waals surface area contributed by atoms with E-state index >= 15 is 0 Å². The first-order valence-corrected chi connectivity index (χ1v) is 8.78. The van der Waals surface area contributed by atoms with E-state index in [0.29, 0.717) is 24.4 Å². The molecule has 21 heavy (non-hydrogen) atoms. The van der Waals surface area contributed by atoms with E-state index < -0.39 is 10.0 Å². The standard InChI is InChI=1S/C16H21NO3S/c18-14-6-3-7-15-8-10-16(11-9-15)21(19,20)17-12-4-1-2-5-13-17/h8-11,18H,1-2,4-6,12-14H2. The highest BCUT2D eigenvalue weighted by atomic mass is 32.2. The summed E-state index contributed by atoms with van der Waals surface area (Å²) < 4.78 is 26.7.